The van der Waals surface area contributed by atoms with Crippen molar-refractivity contribution in [1.82, 2.24) is 9.80 Å². The van der Waals surface area contributed by atoms with Gasteiger partial charge in [-0.25, -0.2) is 0 Å². The molecule has 1 spiro atoms. The van der Waals surface area contributed by atoms with Crippen molar-refractivity contribution in [3.8, 4) is 0 Å². The van der Waals surface area contributed by atoms with Gasteiger partial charge in [0.05, 0.1) is 17.4 Å². The molecule has 5 heteroatoms. The third-order valence-electron chi connectivity index (χ3n) is 6.52. The predicted molar refractivity (Wildman–Crippen MR) is 98.7 cm³/mol. The monoisotopic (exact) mass is 356 g/mol. The van der Waals surface area contributed by atoms with Crippen LogP contribution < -0.4 is 0 Å². The van der Waals surface area contributed by atoms with Gasteiger partial charge in [-0.05, 0) is 37.7 Å². The number of hydrogen-bond donors (Lipinski definition) is 0. The van der Waals surface area contributed by atoms with E-state index in [1.54, 1.807) is 7.11 Å². The normalized spacial score (nSPS) is 27.2. The number of amides is 2. The van der Waals surface area contributed by atoms with E-state index in [2.05, 4.69) is 12.1 Å². The van der Waals surface area contributed by atoms with Crippen molar-refractivity contribution >= 4 is 11.8 Å². The Morgan fingerprint density at radius 1 is 1.12 bits per heavy atom. The molecule has 2 aliphatic heterocycles. The van der Waals surface area contributed by atoms with Gasteiger partial charge in [0.25, 0.3) is 0 Å². The number of ether oxygens (including phenoxy) is 1. The van der Waals surface area contributed by atoms with Gasteiger partial charge >= 0.3 is 0 Å². The molecule has 1 aromatic carbocycles. The van der Waals surface area contributed by atoms with Crippen LogP contribution >= 0.6 is 0 Å². The first-order chi connectivity index (χ1) is 12.6. The molecule has 1 unspecified atom stereocenters. The lowest BCUT2D eigenvalue weighted by Crippen LogP contribution is -2.51. The number of methoxy groups -OCH3 is 1. The van der Waals surface area contributed by atoms with Gasteiger partial charge < -0.3 is 14.5 Å². The standard InChI is InChI=1S/C21H28N2O3/c1-26-15-14-22-12-5-8-20(18(22)24)11-13-23(16-20)19(25)21(9-10-21)17-6-3-2-4-7-17/h2-4,6-7H,5,8-16H2,1H3. The lowest BCUT2D eigenvalue weighted by atomic mass is 9.78. The van der Waals surface area contributed by atoms with E-state index in [4.69, 9.17) is 4.74 Å². The Hall–Kier alpha value is -1.88. The third kappa shape index (κ3) is 2.82. The van der Waals surface area contributed by atoms with Crippen LogP contribution in [0, 0.1) is 5.41 Å². The van der Waals surface area contributed by atoms with E-state index in [0.717, 1.165) is 44.2 Å². The molecule has 0 bridgehead atoms. The summed E-state index contributed by atoms with van der Waals surface area (Å²) < 4.78 is 5.15. The van der Waals surface area contributed by atoms with Crippen molar-refractivity contribution < 1.29 is 14.3 Å². The van der Waals surface area contributed by atoms with Crippen molar-refractivity contribution in [3.63, 3.8) is 0 Å². The molecule has 0 N–H and O–H groups in total. The SMILES string of the molecule is COCCN1CCCC2(CCN(C(=O)C3(c4ccccc4)CC3)C2)C1=O. The fourth-order valence-electron chi connectivity index (χ4n) is 4.80. The van der Waals surface area contributed by atoms with Crippen LogP contribution in [0.1, 0.15) is 37.7 Å². The Bertz CT molecular complexity index is 686. The van der Waals surface area contributed by atoms with Crippen molar-refractivity contribution in [3.05, 3.63) is 35.9 Å². The Kier molecular flexibility index (Phi) is 4.51. The summed E-state index contributed by atoms with van der Waals surface area (Å²) in [4.78, 5) is 30.3. The molecular formula is C21H28N2O3. The molecule has 0 aromatic heterocycles. The summed E-state index contributed by atoms with van der Waals surface area (Å²) in [5, 5.41) is 0. The number of nitrogens with zero attached hydrogens (tertiary/aromatic N) is 2. The Morgan fingerprint density at radius 3 is 2.58 bits per heavy atom. The molecule has 5 nitrogen and oxygen atoms in total. The summed E-state index contributed by atoms with van der Waals surface area (Å²) in [5.41, 5.74) is 0.428. The molecule has 3 aliphatic rings. The van der Waals surface area contributed by atoms with Crippen molar-refractivity contribution in [2.24, 2.45) is 5.41 Å². The van der Waals surface area contributed by atoms with Gasteiger partial charge in [0, 0.05) is 33.3 Å². The maximum absolute atomic E-state index is 13.3. The molecule has 2 saturated heterocycles. The number of benzene rings is 1. The van der Waals surface area contributed by atoms with Crippen LogP contribution in [0.4, 0.5) is 0 Å². The van der Waals surface area contributed by atoms with Crippen LogP contribution in [0.2, 0.25) is 0 Å². The van der Waals surface area contributed by atoms with Gasteiger partial charge in [-0.15, -0.1) is 0 Å². The third-order valence-corrected chi connectivity index (χ3v) is 6.52. The lowest BCUT2D eigenvalue weighted by molar-refractivity contribution is -0.147. The topological polar surface area (TPSA) is 49.9 Å². The molecule has 140 valence electrons. The van der Waals surface area contributed by atoms with E-state index in [1.165, 1.54) is 0 Å². The second-order valence-corrected chi connectivity index (χ2v) is 8.09. The molecule has 0 radical (unpaired) electrons. The Balaban J connectivity index is 1.48. The average molecular weight is 356 g/mol. The number of rotatable bonds is 5. The zero-order valence-electron chi connectivity index (χ0n) is 15.6. The molecule has 1 saturated carbocycles. The highest BCUT2D eigenvalue weighted by atomic mass is 16.5. The van der Waals surface area contributed by atoms with Crippen LogP contribution in [0.5, 0.6) is 0 Å². The summed E-state index contributed by atoms with van der Waals surface area (Å²) in [6, 6.07) is 10.1. The number of carbonyl (C=O) groups is 2. The molecular weight excluding hydrogens is 328 g/mol. The zero-order valence-corrected chi connectivity index (χ0v) is 15.6. The minimum Gasteiger partial charge on any atom is -0.383 e. The van der Waals surface area contributed by atoms with E-state index < -0.39 is 0 Å². The van der Waals surface area contributed by atoms with Gasteiger partial charge in [0.2, 0.25) is 11.8 Å². The van der Waals surface area contributed by atoms with Crippen LogP contribution in [-0.2, 0) is 19.7 Å². The average Bonchev–Trinajstić information content (AvgIpc) is 3.38. The maximum atomic E-state index is 13.3. The fourth-order valence-corrected chi connectivity index (χ4v) is 4.80. The Labute approximate surface area is 155 Å². The first-order valence-corrected chi connectivity index (χ1v) is 9.75. The smallest absolute Gasteiger partial charge is 0.233 e. The largest absolute Gasteiger partial charge is 0.383 e. The molecule has 1 aliphatic carbocycles. The number of piperidine rings is 1. The second kappa shape index (κ2) is 6.69. The summed E-state index contributed by atoms with van der Waals surface area (Å²) in [6.45, 7) is 3.33. The van der Waals surface area contributed by atoms with Crippen molar-refractivity contribution in [1.29, 1.82) is 0 Å². The second-order valence-electron chi connectivity index (χ2n) is 8.09. The highest BCUT2D eigenvalue weighted by Crippen LogP contribution is 2.51. The highest BCUT2D eigenvalue weighted by Gasteiger charge is 2.56. The number of likely N-dealkylation sites (tertiary alicyclic amines) is 2. The zero-order chi connectivity index (χ0) is 18.2. The molecule has 1 aromatic rings. The minimum atomic E-state index is -0.367. The van der Waals surface area contributed by atoms with Crippen LogP contribution in [0.25, 0.3) is 0 Å². The van der Waals surface area contributed by atoms with E-state index in [1.807, 2.05) is 28.0 Å². The van der Waals surface area contributed by atoms with E-state index in [9.17, 15) is 9.59 Å². The number of carbonyl (C=O) groups excluding carboxylic acids is 2. The van der Waals surface area contributed by atoms with Gasteiger partial charge in [-0.1, -0.05) is 30.3 Å². The van der Waals surface area contributed by atoms with Gasteiger partial charge in [-0.2, -0.15) is 0 Å². The van der Waals surface area contributed by atoms with E-state index >= 15 is 0 Å². The summed E-state index contributed by atoms with van der Waals surface area (Å²) in [7, 11) is 1.67. The Morgan fingerprint density at radius 2 is 1.88 bits per heavy atom. The molecule has 2 heterocycles. The number of hydrogen-bond acceptors (Lipinski definition) is 3. The first kappa shape index (κ1) is 17.5. The summed E-state index contributed by atoms with van der Waals surface area (Å²) >= 11 is 0. The first-order valence-electron chi connectivity index (χ1n) is 9.75. The molecule has 26 heavy (non-hydrogen) atoms. The summed E-state index contributed by atoms with van der Waals surface area (Å²) in [6.07, 6.45) is 4.56. The highest BCUT2D eigenvalue weighted by molar-refractivity contribution is 5.93. The molecule has 4 rings (SSSR count). The van der Waals surface area contributed by atoms with Crippen LogP contribution in [-0.4, -0.2) is 61.5 Å². The lowest BCUT2D eigenvalue weighted by Gasteiger charge is -2.39. The molecule has 2 amide bonds. The van der Waals surface area contributed by atoms with Crippen molar-refractivity contribution in [2.75, 3.05) is 39.9 Å². The quantitative estimate of drug-likeness (QED) is 0.813. The van der Waals surface area contributed by atoms with E-state index in [0.29, 0.717) is 26.2 Å². The van der Waals surface area contributed by atoms with Crippen LogP contribution in [0.15, 0.2) is 30.3 Å². The fraction of sp³-hybridized carbons (Fsp3) is 0.619. The minimum absolute atomic E-state index is 0.223. The van der Waals surface area contributed by atoms with E-state index in [-0.39, 0.29) is 22.6 Å². The molecule has 1 atom stereocenters. The van der Waals surface area contributed by atoms with Gasteiger partial charge in [0.15, 0.2) is 0 Å². The van der Waals surface area contributed by atoms with Gasteiger partial charge in [-0.3, -0.25) is 9.59 Å². The molecule has 3 fully saturated rings. The summed E-state index contributed by atoms with van der Waals surface area (Å²) in [5.74, 6) is 0.447. The van der Waals surface area contributed by atoms with Crippen molar-refractivity contribution in [2.45, 2.75) is 37.5 Å². The maximum Gasteiger partial charge on any atom is 0.233 e. The predicted octanol–water partition coefficient (Wildman–Crippen LogP) is 2.21. The van der Waals surface area contributed by atoms with Crippen LogP contribution in [0.3, 0.4) is 0 Å². The van der Waals surface area contributed by atoms with Gasteiger partial charge in [0.1, 0.15) is 0 Å².